The number of fused-ring (bicyclic) bond motifs is 3. The second kappa shape index (κ2) is 13.0. The van der Waals surface area contributed by atoms with Crippen molar-refractivity contribution in [2.45, 2.75) is 105 Å². The zero-order valence-electron chi connectivity index (χ0n) is 27.6. The van der Waals surface area contributed by atoms with E-state index in [-0.39, 0.29) is 39.7 Å². The minimum atomic E-state index is -4.50. The summed E-state index contributed by atoms with van der Waals surface area (Å²) in [5, 5.41) is 7.07. The first-order valence-electron chi connectivity index (χ1n) is 15.6. The summed E-state index contributed by atoms with van der Waals surface area (Å²) in [6, 6.07) is 2.01. The lowest BCUT2D eigenvalue weighted by atomic mass is 9.60. The minimum Gasteiger partial charge on any atom is -0.444 e. The molecule has 1 fully saturated rings. The molecule has 46 heavy (non-hydrogen) atoms. The molecule has 1 aliphatic carbocycles. The number of rotatable bonds is 3. The first kappa shape index (κ1) is 35.4. The third kappa shape index (κ3) is 6.82. The van der Waals surface area contributed by atoms with Crippen LogP contribution in [0.5, 0.6) is 0 Å². The molecule has 0 bridgehead atoms. The van der Waals surface area contributed by atoms with Crippen molar-refractivity contribution in [3.63, 3.8) is 0 Å². The molecule has 0 saturated carbocycles. The topological polar surface area (TPSA) is 111 Å². The quantitative estimate of drug-likeness (QED) is 0.320. The van der Waals surface area contributed by atoms with Crippen LogP contribution in [0.3, 0.4) is 0 Å². The molecule has 1 saturated heterocycles. The first-order chi connectivity index (χ1) is 21.4. The Kier molecular flexibility index (Phi) is 10.0. The fraction of sp³-hybridized carbons (Fsp3) is 0.594. The summed E-state index contributed by atoms with van der Waals surface area (Å²) in [4.78, 5) is 46.4. The lowest BCUT2D eigenvalue weighted by Gasteiger charge is -2.48. The van der Waals surface area contributed by atoms with Gasteiger partial charge in [-0.15, -0.1) is 5.10 Å². The largest absolute Gasteiger partial charge is 0.444 e. The number of carbonyl (C=O) groups excluding carboxylic acids is 2. The molecule has 10 nitrogen and oxygen atoms in total. The standard InChI is InChI=1S/C30H36BrF3N6O4.C2H6/c1-16-13-19(30(32,33)34)14-17(2)23(16)35-21(41)15-39-20-8-7-18(3)29(22(20)24(42)40-26(39)36-25(31)37-40)9-11-38(12-10-29)27(43)44-28(4,5)6;1-2/h13-14,18H,7-12,15H2,1-6H3,(H,35,41);1-2H3. The van der Waals surface area contributed by atoms with E-state index in [4.69, 9.17) is 4.74 Å². The lowest BCUT2D eigenvalue weighted by Crippen LogP contribution is -2.53. The Hall–Kier alpha value is -3.42. The van der Waals surface area contributed by atoms with Gasteiger partial charge in [0.1, 0.15) is 12.1 Å². The number of carbonyl (C=O) groups is 2. The van der Waals surface area contributed by atoms with Crippen LogP contribution in [0, 0.1) is 19.8 Å². The van der Waals surface area contributed by atoms with Crippen LogP contribution in [0.15, 0.2) is 21.7 Å². The molecule has 3 aromatic rings. The van der Waals surface area contributed by atoms with Crippen LogP contribution in [0.25, 0.3) is 5.78 Å². The Morgan fingerprint density at radius 2 is 1.70 bits per heavy atom. The van der Waals surface area contributed by atoms with Crippen LogP contribution in [-0.2, 0) is 34.1 Å². The van der Waals surface area contributed by atoms with Gasteiger partial charge < -0.3 is 19.5 Å². The number of nitrogens with zero attached hydrogens (tertiary/aromatic N) is 5. The average Bonchev–Trinajstić information content (AvgIpc) is 3.36. The zero-order valence-corrected chi connectivity index (χ0v) is 29.1. The van der Waals surface area contributed by atoms with Gasteiger partial charge in [0.2, 0.25) is 16.4 Å². The molecule has 2 amide bonds. The molecule has 1 spiro atoms. The molecule has 0 radical (unpaired) electrons. The Bertz CT molecular complexity index is 1680. The third-order valence-electron chi connectivity index (χ3n) is 8.82. The number of halogens is 4. The van der Waals surface area contributed by atoms with Crippen molar-refractivity contribution in [2.75, 3.05) is 18.4 Å². The summed E-state index contributed by atoms with van der Waals surface area (Å²) in [5.74, 6) is -0.171. The molecule has 3 heterocycles. The van der Waals surface area contributed by atoms with Crippen LogP contribution in [0.2, 0.25) is 0 Å². The van der Waals surface area contributed by atoms with Crippen LogP contribution in [0.4, 0.5) is 23.7 Å². The van der Waals surface area contributed by atoms with Gasteiger partial charge in [0, 0.05) is 35.4 Å². The lowest BCUT2D eigenvalue weighted by molar-refractivity contribution is -0.137. The highest BCUT2D eigenvalue weighted by molar-refractivity contribution is 9.10. The van der Waals surface area contributed by atoms with Crippen molar-refractivity contribution in [3.05, 3.63) is 55.2 Å². The summed E-state index contributed by atoms with van der Waals surface area (Å²) < 4.78 is 48.6. The van der Waals surface area contributed by atoms with E-state index in [0.29, 0.717) is 49.3 Å². The van der Waals surface area contributed by atoms with Gasteiger partial charge in [0.15, 0.2) is 0 Å². The molecule has 1 N–H and O–H groups in total. The molecule has 1 aliphatic heterocycles. The summed E-state index contributed by atoms with van der Waals surface area (Å²) in [5.41, 5.74) is -0.162. The Morgan fingerprint density at radius 1 is 1.11 bits per heavy atom. The summed E-state index contributed by atoms with van der Waals surface area (Å²) >= 11 is 3.26. The van der Waals surface area contributed by atoms with Crippen molar-refractivity contribution in [2.24, 2.45) is 5.92 Å². The van der Waals surface area contributed by atoms with E-state index < -0.39 is 34.8 Å². The van der Waals surface area contributed by atoms with Crippen molar-refractivity contribution >= 4 is 39.4 Å². The van der Waals surface area contributed by atoms with Gasteiger partial charge in [-0.2, -0.15) is 22.7 Å². The molecule has 1 unspecified atom stereocenters. The van der Waals surface area contributed by atoms with Gasteiger partial charge in [-0.25, -0.2) is 4.79 Å². The van der Waals surface area contributed by atoms with Crippen LogP contribution >= 0.6 is 15.9 Å². The van der Waals surface area contributed by atoms with Crippen molar-refractivity contribution in [1.29, 1.82) is 0 Å². The van der Waals surface area contributed by atoms with E-state index in [1.807, 2.05) is 34.6 Å². The van der Waals surface area contributed by atoms with Crippen LogP contribution < -0.4 is 10.9 Å². The average molecular weight is 712 g/mol. The highest BCUT2D eigenvalue weighted by Gasteiger charge is 2.48. The fourth-order valence-corrected chi connectivity index (χ4v) is 7.00. The molecule has 14 heteroatoms. The number of nitrogens with one attached hydrogen (secondary N) is 1. The summed E-state index contributed by atoms with van der Waals surface area (Å²) in [6.07, 6.45) is -2.55. The van der Waals surface area contributed by atoms with E-state index in [0.717, 1.165) is 18.6 Å². The van der Waals surface area contributed by atoms with Crippen molar-refractivity contribution in [3.8, 4) is 0 Å². The van der Waals surface area contributed by atoms with Gasteiger partial charge >= 0.3 is 12.3 Å². The minimum absolute atomic E-state index is 0.118. The van der Waals surface area contributed by atoms with E-state index in [2.05, 4.69) is 38.3 Å². The molecule has 2 aliphatic rings. The molecular formula is C32H42BrF3N6O4. The SMILES string of the molecule is CC.Cc1cc(C(F)(F)F)cc(C)c1NC(=O)Cn1c2c(c(=O)n3nc(Br)nc13)C1(CCN(C(=O)OC(C)(C)C)CC1)C(C)CC2. The van der Waals surface area contributed by atoms with Crippen molar-refractivity contribution < 1.29 is 27.5 Å². The predicted octanol–water partition coefficient (Wildman–Crippen LogP) is 6.81. The van der Waals surface area contributed by atoms with Gasteiger partial charge in [-0.1, -0.05) is 20.8 Å². The highest BCUT2D eigenvalue weighted by atomic mass is 79.9. The zero-order chi connectivity index (χ0) is 34.4. The number of ether oxygens (including phenoxy) is 1. The van der Waals surface area contributed by atoms with Crippen molar-refractivity contribution in [1.82, 2.24) is 24.1 Å². The van der Waals surface area contributed by atoms with E-state index in [1.54, 1.807) is 9.47 Å². The Labute approximate surface area is 274 Å². The van der Waals surface area contributed by atoms with E-state index >= 15 is 0 Å². The molecular weight excluding hydrogens is 669 g/mol. The van der Waals surface area contributed by atoms with Gasteiger partial charge in [-0.05, 0) is 105 Å². The van der Waals surface area contributed by atoms with E-state index in [1.165, 1.54) is 18.4 Å². The second-order valence-electron chi connectivity index (χ2n) is 12.9. The maximum Gasteiger partial charge on any atom is 0.416 e. The number of hydrogen-bond acceptors (Lipinski definition) is 6. The van der Waals surface area contributed by atoms with Gasteiger partial charge in [0.25, 0.3) is 5.56 Å². The Balaban J connectivity index is 0.00000235. The number of alkyl halides is 3. The highest BCUT2D eigenvalue weighted by Crippen LogP contribution is 2.47. The number of hydrogen-bond donors (Lipinski definition) is 1. The number of aryl methyl sites for hydroxylation is 2. The number of benzene rings is 1. The number of amides is 2. The number of anilines is 1. The van der Waals surface area contributed by atoms with E-state index in [9.17, 15) is 27.6 Å². The number of piperidine rings is 1. The first-order valence-corrected chi connectivity index (χ1v) is 16.4. The summed E-state index contributed by atoms with van der Waals surface area (Å²) in [7, 11) is 0. The molecule has 1 aromatic carbocycles. The van der Waals surface area contributed by atoms with Gasteiger partial charge in [-0.3, -0.25) is 9.59 Å². The molecule has 5 rings (SSSR count). The van der Waals surface area contributed by atoms with Crippen LogP contribution in [0.1, 0.15) is 88.8 Å². The Morgan fingerprint density at radius 3 is 2.24 bits per heavy atom. The monoisotopic (exact) mass is 710 g/mol. The molecule has 2 aromatic heterocycles. The summed E-state index contributed by atoms with van der Waals surface area (Å²) in [6.45, 7) is 15.2. The third-order valence-corrected chi connectivity index (χ3v) is 9.15. The maximum atomic E-state index is 14.1. The second-order valence-corrected chi connectivity index (χ2v) is 13.6. The van der Waals surface area contributed by atoms with Gasteiger partial charge in [0.05, 0.1) is 5.56 Å². The smallest absolute Gasteiger partial charge is 0.416 e. The number of likely N-dealkylation sites (tertiary alicyclic amines) is 1. The maximum absolute atomic E-state index is 14.1. The predicted molar refractivity (Wildman–Crippen MR) is 172 cm³/mol. The molecule has 1 atom stereocenters. The fourth-order valence-electron chi connectivity index (χ4n) is 6.68. The normalized spacial score (nSPS) is 17.7. The van der Waals surface area contributed by atoms with Crippen LogP contribution in [-0.4, -0.2) is 54.8 Å². The number of aromatic nitrogens is 4. The molecule has 252 valence electrons.